The number of rotatable bonds is 5. The van der Waals surface area contributed by atoms with Crippen molar-refractivity contribution >= 4 is 27.4 Å². The van der Waals surface area contributed by atoms with Gasteiger partial charge in [0.2, 0.25) is 10.0 Å². The Morgan fingerprint density at radius 1 is 1.30 bits per heavy atom. The average Bonchev–Trinajstić information content (AvgIpc) is 2.67. The second-order valence-electron chi connectivity index (χ2n) is 6.80. The number of nitrogens with zero attached hydrogens (tertiary/aromatic N) is 3. The van der Waals surface area contributed by atoms with E-state index in [1.165, 1.54) is 34.8 Å². The number of carbonyl (C=O) groups is 1. The molecule has 1 aromatic carbocycles. The first-order valence-corrected chi connectivity index (χ1v) is 10.9. The number of piperidine rings is 1. The number of ether oxygens (including phenoxy) is 1. The predicted molar refractivity (Wildman–Crippen MR) is 108 cm³/mol. The molecule has 0 bridgehead atoms. The summed E-state index contributed by atoms with van der Waals surface area (Å²) >= 11 is 0. The maximum absolute atomic E-state index is 14.0. The zero-order valence-corrected chi connectivity index (χ0v) is 16.9. The molecular formula is C19H20FN5O4S. The minimum atomic E-state index is -3.33. The maximum atomic E-state index is 14.0. The number of carbonyl (C=O) groups excluding carboxylic acids is 1. The van der Waals surface area contributed by atoms with Crippen LogP contribution in [0.4, 0.5) is 20.6 Å². The Hall–Kier alpha value is -3.23. The predicted octanol–water partition coefficient (Wildman–Crippen LogP) is 2.54. The Morgan fingerprint density at radius 2 is 2.07 bits per heavy atom. The van der Waals surface area contributed by atoms with Gasteiger partial charge < -0.3 is 15.4 Å². The molecule has 3 rings (SSSR count). The van der Waals surface area contributed by atoms with Crippen molar-refractivity contribution in [2.45, 2.75) is 18.9 Å². The number of nitriles is 1. The van der Waals surface area contributed by atoms with E-state index in [9.17, 15) is 17.6 Å². The molecule has 1 aliphatic heterocycles. The SMILES string of the molecule is CS(=O)(=O)N1CCCC(Oc2cc(F)cc(NC(=O)Nc3ccc(C#N)nc3)c2)C1. The van der Waals surface area contributed by atoms with E-state index in [1.807, 2.05) is 6.07 Å². The minimum Gasteiger partial charge on any atom is -0.489 e. The van der Waals surface area contributed by atoms with Crippen LogP contribution < -0.4 is 15.4 Å². The van der Waals surface area contributed by atoms with Crippen LogP contribution in [0.2, 0.25) is 0 Å². The van der Waals surface area contributed by atoms with Crippen molar-refractivity contribution in [2.75, 3.05) is 30.0 Å². The van der Waals surface area contributed by atoms with Crippen molar-refractivity contribution in [1.82, 2.24) is 9.29 Å². The molecule has 0 aliphatic carbocycles. The first kappa shape index (κ1) is 21.5. The first-order chi connectivity index (χ1) is 14.2. The van der Waals surface area contributed by atoms with Crippen molar-refractivity contribution in [3.8, 4) is 11.8 Å². The lowest BCUT2D eigenvalue weighted by Crippen LogP contribution is -2.43. The van der Waals surface area contributed by atoms with E-state index in [-0.39, 0.29) is 23.7 Å². The second kappa shape index (κ2) is 9.06. The highest BCUT2D eigenvalue weighted by atomic mass is 32.2. The first-order valence-electron chi connectivity index (χ1n) is 9.09. The van der Waals surface area contributed by atoms with Gasteiger partial charge >= 0.3 is 6.03 Å². The van der Waals surface area contributed by atoms with Crippen molar-refractivity contribution in [2.24, 2.45) is 0 Å². The van der Waals surface area contributed by atoms with E-state index in [0.717, 1.165) is 12.3 Å². The molecule has 1 fully saturated rings. The van der Waals surface area contributed by atoms with Crippen molar-refractivity contribution in [3.63, 3.8) is 0 Å². The molecule has 9 nitrogen and oxygen atoms in total. The van der Waals surface area contributed by atoms with E-state index >= 15 is 0 Å². The average molecular weight is 433 g/mol. The molecule has 1 unspecified atom stereocenters. The summed E-state index contributed by atoms with van der Waals surface area (Å²) in [5, 5.41) is 13.8. The van der Waals surface area contributed by atoms with Gasteiger partial charge in [0.25, 0.3) is 0 Å². The third-order valence-corrected chi connectivity index (χ3v) is 5.65. The smallest absolute Gasteiger partial charge is 0.323 e. The van der Waals surface area contributed by atoms with E-state index in [0.29, 0.717) is 25.1 Å². The number of urea groups is 1. The van der Waals surface area contributed by atoms with Gasteiger partial charge in [0.05, 0.1) is 24.7 Å². The molecule has 158 valence electrons. The lowest BCUT2D eigenvalue weighted by molar-refractivity contribution is 0.130. The van der Waals surface area contributed by atoms with Gasteiger partial charge in [0, 0.05) is 24.4 Å². The third kappa shape index (κ3) is 5.88. The highest BCUT2D eigenvalue weighted by Crippen LogP contribution is 2.24. The summed E-state index contributed by atoms with van der Waals surface area (Å²) in [6.07, 6.45) is 3.33. The van der Waals surface area contributed by atoms with Crippen LogP contribution in [0.5, 0.6) is 5.75 Å². The highest BCUT2D eigenvalue weighted by molar-refractivity contribution is 7.88. The minimum absolute atomic E-state index is 0.167. The number of hydrogen-bond donors (Lipinski definition) is 2. The van der Waals surface area contributed by atoms with Gasteiger partial charge in [-0.25, -0.2) is 22.6 Å². The number of aromatic nitrogens is 1. The molecule has 1 aromatic heterocycles. The van der Waals surface area contributed by atoms with Crippen LogP contribution in [0, 0.1) is 17.1 Å². The van der Waals surface area contributed by atoms with Gasteiger partial charge in [-0.2, -0.15) is 9.57 Å². The number of nitrogens with one attached hydrogen (secondary N) is 2. The fourth-order valence-electron chi connectivity index (χ4n) is 3.03. The largest absolute Gasteiger partial charge is 0.489 e. The third-order valence-electron chi connectivity index (χ3n) is 4.38. The fraction of sp³-hybridized carbons (Fsp3) is 0.316. The van der Waals surface area contributed by atoms with Gasteiger partial charge in [0.1, 0.15) is 29.4 Å². The topological polar surface area (TPSA) is 124 Å². The maximum Gasteiger partial charge on any atom is 0.323 e. The Kier molecular flexibility index (Phi) is 6.49. The number of hydrogen-bond acceptors (Lipinski definition) is 6. The van der Waals surface area contributed by atoms with Gasteiger partial charge in [-0.1, -0.05) is 0 Å². The normalized spacial score (nSPS) is 17.0. The molecular weight excluding hydrogens is 413 g/mol. The molecule has 1 aliphatic rings. The molecule has 0 spiro atoms. The molecule has 0 radical (unpaired) electrons. The molecule has 0 saturated carbocycles. The number of benzene rings is 1. The number of amides is 2. The summed E-state index contributed by atoms with van der Waals surface area (Å²) in [6.45, 7) is 0.614. The Bertz CT molecular complexity index is 1070. The van der Waals surface area contributed by atoms with Crippen molar-refractivity contribution < 1.29 is 22.3 Å². The summed E-state index contributed by atoms with van der Waals surface area (Å²) in [6, 6.07) is 7.98. The summed E-state index contributed by atoms with van der Waals surface area (Å²) in [4.78, 5) is 16.0. The Balaban J connectivity index is 1.64. The van der Waals surface area contributed by atoms with Crippen LogP contribution in [-0.2, 0) is 10.0 Å². The number of halogens is 1. The van der Waals surface area contributed by atoms with Gasteiger partial charge in [-0.05, 0) is 31.0 Å². The van der Waals surface area contributed by atoms with E-state index in [1.54, 1.807) is 0 Å². The summed E-state index contributed by atoms with van der Waals surface area (Å²) in [7, 11) is -3.33. The van der Waals surface area contributed by atoms with Gasteiger partial charge in [-0.15, -0.1) is 0 Å². The summed E-state index contributed by atoms with van der Waals surface area (Å²) in [5.74, 6) is -0.427. The van der Waals surface area contributed by atoms with Crippen LogP contribution in [0.3, 0.4) is 0 Å². The molecule has 2 amide bonds. The highest BCUT2D eigenvalue weighted by Gasteiger charge is 2.27. The molecule has 2 heterocycles. The van der Waals surface area contributed by atoms with E-state index in [4.69, 9.17) is 10.00 Å². The van der Waals surface area contributed by atoms with Crippen LogP contribution in [0.1, 0.15) is 18.5 Å². The lowest BCUT2D eigenvalue weighted by atomic mass is 10.1. The Morgan fingerprint density at radius 3 is 2.73 bits per heavy atom. The summed E-state index contributed by atoms with van der Waals surface area (Å²) < 4.78 is 44.6. The fourth-order valence-corrected chi connectivity index (χ4v) is 3.92. The molecule has 11 heteroatoms. The lowest BCUT2D eigenvalue weighted by Gasteiger charge is -2.31. The molecule has 30 heavy (non-hydrogen) atoms. The Labute approximate surface area is 173 Å². The quantitative estimate of drug-likeness (QED) is 0.747. The van der Waals surface area contributed by atoms with Crippen molar-refractivity contribution in [1.29, 1.82) is 5.26 Å². The zero-order chi connectivity index (χ0) is 21.7. The van der Waals surface area contributed by atoms with E-state index < -0.39 is 28.0 Å². The number of pyridine rings is 1. The van der Waals surface area contributed by atoms with Crippen LogP contribution in [0.25, 0.3) is 0 Å². The molecule has 1 atom stereocenters. The monoisotopic (exact) mass is 433 g/mol. The second-order valence-corrected chi connectivity index (χ2v) is 8.78. The number of anilines is 2. The number of sulfonamides is 1. The van der Waals surface area contributed by atoms with Crippen LogP contribution >= 0.6 is 0 Å². The van der Waals surface area contributed by atoms with Crippen LogP contribution in [0.15, 0.2) is 36.5 Å². The molecule has 1 saturated heterocycles. The molecule has 2 aromatic rings. The zero-order valence-electron chi connectivity index (χ0n) is 16.1. The van der Waals surface area contributed by atoms with Crippen LogP contribution in [-0.4, -0.2) is 49.2 Å². The molecule has 2 N–H and O–H groups in total. The van der Waals surface area contributed by atoms with E-state index in [2.05, 4.69) is 15.6 Å². The summed E-state index contributed by atoms with van der Waals surface area (Å²) in [5.41, 5.74) is 0.743. The van der Waals surface area contributed by atoms with Gasteiger partial charge in [0.15, 0.2) is 0 Å². The van der Waals surface area contributed by atoms with Gasteiger partial charge in [-0.3, -0.25) is 0 Å². The standard InChI is InChI=1S/C19H20FN5O4S/c1-30(27,28)25-6-2-3-17(12-25)29-18-8-13(20)7-16(9-18)24-19(26)23-15-5-4-14(10-21)22-11-15/h4-5,7-9,11,17H,2-3,6,12H2,1H3,(H2,23,24,26). The van der Waals surface area contributed by atoms with Crippen molar-refractivity contribution in [3.05, 3.63) is 48.0 Å².